The molecule has 0 aliphatic heterocycles. The smallest absolute Gasteiger partial charge is 0.236 e. The molecule has 0 spiro atoms. The third-order valence-corrected chi connectivity index (χ3v) is 2.42. The summed E-state index contributed by atoms with van der Waals surface area (Å²) >= 11 is 0. The van der Waals surface area contributed by atoms with Gasteiger partial charge in [-0.15, -0.1) is 0 Å². The Bertz CT molecular complexity index is 297. The topological polar surface area (TPSA) is 83.8 Å². The predicted octanol–water partition coefficient (Wildman–Crippen LogP) is 0.586. The second kappa shape index (κ2) is 7.00. The number of nitrogens with two attached hydrogens (primary N) is 1. The molecule has 90 valence electrons. The molecule has 0 aliphatic carbocycles. The average Bonchev–Trinajstić information content (AvgIpc) is 2.78. The van der Waals surface area contributed by atoms with Gasteiger partial charge in [-0.1, -0.05) is 19.8 Å². The van der Waals surface area contributed by atoms with E-state index in [0.717, 1.165) is 25.1 Å². The van der Waals surface area contributed by atoms with Crippen LogP contribution in [0.25, 0.3) is 0 Å². The van der Waals surface area contributed by atoms with E-state index in [4.69, 9.17) is 5.73 Å². The van der Waals surface area contributed by atoms with Crippen LogP contribution in [0.2, 0.25) is 0 Å². The SMILES string of the molecule is CCCC[C@H](N)C(=O)NCCc1ncc[nH]1. The first-order valence-electron chi connectivity index (χ1n) is 5.75. The Hall–Kier alpha value is -1.36. The lowest BCUT2D eigenvalue weighted by atomic mass is 10.1. The number of rotatable bonds is 7. The van der Waals surface area contributed by atoms with Gasteiger partial charge in [0, 0.05) is 25.4 Å². The zero-order valence-corrected chi connectivity index (χ0v) is 9.70. The first-order valence-corrected chi connectivity index (χ1v) is 5.75. The Kier molecular flexibility index (Phi) is 5.56. The van der Waals surface area contributed by atoms with E-state index in [0.29, 0.717) is 13.0 Å². The van der Waals surface area contributed by atoms with Crippen molar-refractivity contribution in [3.8, 4) is 0 Å². The van der Waals surface area contributed by atoms with Crippen LogP contribution in [0.15, 0.2) is 12.4 Å². The zero-order chi connectivity index (χ0) is 11.8. The number of amides is 1. The summed E-state index contributed by atoms with van der Waals surface area (Å²) in [5, 5.41) is 2.81. The van der Waals surface area contributed by atoms with Gasteiger partial charge < -0.3 is 16.0 Å². The lowest BCUT2D eigenvalue weighted by molar-refractivity contribution is -0.122. The van der Waals surface area contributed by atoms with E-state index in [9.17, 15) is 4.79 Å². The third kappa shape index (κ3) is 4.44. The number of nitrogens with zero attached hydrogens (tertiary/aromatic N) is 1. The molecule has 0 aliphatic rings. The molecule has 0 unspecified atom stereocenters. The van der Waals surface area contributed by atoms with Crippen molar-refractivity contribution < 1.29 is 4.79 Å². The number of nitrogens with one attached hydrogen (secondary N) is 2. The Morgan fingerprint density at radius 2 is 2.50 bits per heavy atom. The molecule has 4 N–H and O–H groups in total. The summed E-state index contributed by atoms with van der Waals surface area (Å²) in [6, 6.07) is -0.378. The molecular weight excluding hydrogens is 204 g/mol. The molecule has 0 fully saturated rings. The molecular formula is C11H20N4O. The summed E-state index contributed by atoms with van der Waals surface area (Å²) in [6.07, 6.45) is 6.98. The standard InChI is InChI=1S/C11H20N4O/c1-2-3-4-9(12)11(16)15-6-5-10-13-7-8-14-10/h7-9H,2-6,12H2,1H3,(H,13,14)(H,15,16)/t9-/m0/s1. The molecule has 1 rings (SSSR count). The zero-order valence-electron chi connectivity index (χ0n) is 9.70. The minimum absolute atomic E-state index is 0.0694. The Morgan fingerprint density at radius 1 is 1.69 bits per heavy atom. The molecule has 1 aromatic heterocycles. The van der Waals surface area contributed by atoms with E-state index in [1.807, 2.05) is 0 Å². The highest BCUT2D eigenvalue weighted by atomic mass is 16.2. The fourth-order valence-electron chi connectivity index (χ4n) is 1.43. The third-order valence-electron chi connectivity index (χ3n) is 2.42. The minimum Gasteiger partial charge on any atom is -0.354 e. The van der Waals surface area contributed by atoms with Gasteiger partial charge in [-0.3, -0.25) is 4.79 Å². The monoisotopic (exact) mass is 224 g/mol. The first-order chi connectivity index (χ1) is 7.74. The number of carbonyl (C=O) groups is 1. The molecule has 0 bridgehead atoms. The van der Waals surface area contributed by atoms with Gasteiger partial charge in [0.25, 0.3) is 0 Å². The summed E-state index contributed by atoms with van der Waals surface area (Å²) in [4.78, 5) is 18.6. The lowest BCUT2D eigenvalue weighted by Gasteiger charge is -2.10. The van der Waals surface area contributed by atoms with Crippen LogP contribution >= 0.6 is 0 Å². The molecule has 0 saturated heterocycles. The van der Waals surface area contributed by atoms with E-state index in [1.165, 1.54) is 0 Å². The van der Waals surface area contributed by atoms with Crippen molar-refractivity contribution >= 4 is 5.91 Å². The minimum atomic E-state index is -0.378. The van der Waals surface area contributed by atoms with E-state index < -0.39 is 0 Å². The molecule has 16 heavy (non-hydrogen) atoms. The van der Waals surface area contributed by atoms with Crippen molar-refractivity contribution in [1.82, 2.24) is 15.3 Å². The second-order valence-corrected chi connectivity index (χ2v) is 3.83. The summed E-state index contributed by atoms with van der Waals surface area (Å²) < 4.78 is 0. The number of H-pyrrole nitrogens is 1. The number of unbranched alkanes of at least 4 members (excludes halogenated alkanes) is 1. The van der Waals surface area contributed by atoms with Crippen LogP contribution in [0.3, 0.4) is 0 Å². The number of hydrogen-bond acceptors (Lipinski definition) is 3. The maximum Gasteiger partial charge on any atom is 0.236 e. The lowest BCUT2D eigenvalue weighted by Crippen LogP contribution is -2.41. The van der Waals surface area contributed by atoms with Crippen molar-refractivity contribution in [3.05, 3.63) is 18.2 Å². The van der Waals surface area contributed by atoms with Crippen molar-refractivity contribution in [3.63, 3.8) is 0 Å². The average molecular weight is 224 g/mol. The highest BCUT2D eigenvalue weighted by Gasteiger charge is 2.11. The summed E-state index contributed by atoms with van der Waals surface area (Å²) in [5.41, 5.74) is 5.73. The van der Waals surface area contributed by atoms with Crippen LogP contribution in [0.4, 0.5) is 0 Å². The van der Waals surface area contributed by atoms with Gasteiger partial charge in [-0.25, -0.2) is 4.98 Å². The molecule has 5 nitrogen and oxygen atoms in total. The molecule has 0 saturated carbocycles. The summed E-state index contributed by atoms with van der Waals surface area (Å²) in [7, 11) is 0. The van der Waals surface area contributed by atoms with Crippen molar-refractivity contribution in [2.45, 2.75) is 38.6 Å². The largest absolute Gasteiger partial charge is 0.354 e. The van der Waals surface area contributed by atoms with Crippen molar-refractivity contribution in [2.75, 3.05) is 6.54 Å². The van der Waals surface area contributed by atoms with Crippen LogP contribution in [-0.4, -0.2) is 28.5 Å². The van der Waals surface area contributed by atoms with Gasteiger partial charge in [0.1, 0.15) is 5.82 Å². The van der Waals surface area contributed by atoms with Gasteiger partial charge in [0.05, 0.1) is 6.04 Å². The van der Waals surface area contributed by atoms with Gasteiger partial charge >= 0.3 is 0 Å². The molecule has 1 aromatic rings. The predicted molar refractivity (Wildman–Crippen MR) is 62.8 cm³/mol. The van der Waals surface area contributed by atoms with Crippen molar-refractivity contribution in [1.29, 1.82) is 0 Å². The molecule has 0 aromatic carbocycles. The highest BCUT2D eigenvalue weighted by molar-refractivity contribution is 5.81. The highest BCUT2D eigenvalue weighted by Crippen LogP contribution is 1.98. The van der Waals surface area contributed by atoms with E-state index in [-0.39, 0.29) is 11.9 Å². The van der Waals surface area contributed by atoms with Crippen LogP contribution < -0.4 is 11.1 Å². The molecule has 0 radical (unpaired) electrons. The number of hydrogen-bond donors (Lipinski definition) is 3. The first kappa shape index (κ1) is 12.7. The van der Waals surface area contributed by atoms with Crippen molar-refractivity contribution in [2.24, 2.45) is 5.73 Å². The normalized spacial score (nSPS) is 12.4. The summed E-state index contributed by atoms with van der Waals surface area (Å²) in [6.45, 7) is 2.66. The Balaban J connectivity index is 2.14. The Morgan fingerprint density at radius 3 is 3.12 bits per heavy atom. The molecule has 1 atom stereocenters. The van der Waals surface area contributed by atoms with Crippen LogP contribution in [0.5, 0.6) is 0 Å². The van der Waals surface area contributed by atoms with E-state index in [2.05, 4.69) is 22.2 Å². The molecule has 5 heteroatoms. The van der Waals surface area contributed by atoms with Gasteiger partial charge in [0.15, 0.2) is 0 Å². The van der Waals surface area contributed by atoms with Gasteiger partial charge in [-0.2, -0.15) is 0 Å². The van der Waals surface area contributed by atoms with Crippen LogP contribution in [0, 0.1) is 0 Å². The molecule has 1 heterocycles. The van der Waals surface area contributed by atoms with E-state index >= 15 is 0 Å². The Labute approximate surface area is 95.8 Å². The summed E-state index contributed by atoms with van der Waals surface area (Å²) in [5.74, 6) is 0.808. The fraction of sp³-hybridized carbons (Fsp3) is 0.636. The fourth-order valence-corrected chi connectivity index (χ4v) is 1.43. The van der Waals surface area contributed by atoms with E-state index in [1.54, 1.807) is 12.4 Å². The number of aromatic amines is 1. The maximum absolute atomic E-state index is 11.5. The molecule has 1 amide bonds. The van der Waals surface area contributed by atoms with Gasteiger partial charge in [-0.05, 0) is 6.42 Å². The van der Waals surface area contributed by atoms with Crippen LogP contribution in [-0.2, 0) is 11.2 Å². The maximum atomic E-state index is 11.5. The number of aromatic nitrogens is 2. The quantitative estimate of drug-likeness (QED) is 0.633. The number of carbonyl (C=O) groups excluding carboxylic acids is 1. The number of imidazole rings is 1. The second-order valence-electron chi connectivity index (χ2n) is 3.83. The van der Waals surface area contributed by atoms with Crippen LogP contribution in [0.1, 0.15) is 32.0 Å². The van der Waals surface area contributed by atoms with Gasteiger partial charge in [0.2, 0.25) is 5.91 Å².